The van der Waals surface area contributed by atoms with Gasteiger partial charge < -0.3 is 10.0 Å². The van der Waals surface area contributed by atoms with Crippen LogP contribution in [0.4, 0.5) is 0 Å². The summed E-state index contributed by atoms with van der Waals surface area (Å²) in [5.74, 6) is 0.393. The Balaban J connectivity index is 2.57. The first-order valence-electron chi connectivity index (χ1n) is 6.01. The van der Waals surface area contributed by atoms with Crippen LogP contribution in [0.2, 0.25) is 0 Å². The van der Waals surface area contributed by atoms with Crippen LogP contribution in [0.5, 0.6) is 5.75 Å². The zero-order chi connectivity index (χ0) is 12.4. The molecule has 1 unspecified atom stereocenters. The maximum atomic E-state index is 10.1. The first-order chi connectivity index (χ1) is 8.13. The lowest BCUT2D eigenvalue weighted by molar-refractivity contribution is 0.284. The van der Waals surface area contributed by atoms with Crippen molar-refractivity contribution in [1.82, 2.24) is 4.90 Å². The molecule has 0 aromatic heterocycles. The summed E-state index contributed by atoms with van der Waals surface area (Å²) in [6, 6.07) is 12.3. The minimum absolute atomic E-state index is 0.264. The average molecular weight is 229 g/mol. The SMILES string of the molecule is CCC(c1cc2ccccc2cc1O)N(C)C. The number of nitrogens with zero attached hydrogens (tertiary/aromatic N) is 1. The van der Waals surface area contributed by atoms with E-state index in [0.717, 1.165) is 17.4 Å². The van der Waals surface area contributed by atoms with Gasteiger partial charge in [-0.1, -0.05) is 31.2 Å². The molecule has 90 valence electrons. The predicted molar refractivity (Wildman–Crippen MR) is 72.3 cm³/mol. The number of aromatic hydroxyl groups is 1. The van der Waals surface area contributed by atoms with Gasteiger partial charge in [-0.25, -0.2) is 0 Å². The van der Waals surface area contributed by atoms with Crippen LogP contribution < -0.4 is 0 Å². The topological polar surface area (TPSA) is 23.5 Å². The van der Waals surface area contributed by atoms with E-state index in [-0.39, 0.29) is 6.04 Å². The molecule has 0 spiro atoms. The number of benzene rings is 2. The zero-order valence-electron chi connectivity index (χ0n) is 10.6. The van der Waals surface area contributed by atoms with E-state index in [4.69, 9.17) is 0 Å². The van der Waals surface area contributed by atoms with E-state index in [1.165, 1.54) is 5.39 Å². The highest BCUT2D eigenvalue weighted by Crippen LogP contribution is 2.33. The molecule has 0 aliphatic rings. The molecule has 1 atom stereocenters. The summed E-state index contributed by atoms with van der Waals surface area (Å²) < 4.78 is 0. The smallest absolute Gasteiger partial charge is 0.120 e. The first kappa shape index (κ1) is 11.9. The van der Waals surface area contributed by atoms with Crippen molar-refractivity contribution in [3.8, 4) is 5.75 Å². The molecule has 0 fully saturated rings. The van der Waals surface area contributed by atoms with Gasteiger partial charge in [-0.15, -0.1) is 0 Å². The minimum Gasteiger partial charge on any atom is -0.508 e. The van der Waals surface area contributed by atoms with Gasteiger partial charge in [-0.3, -0.25) is 0 Å². The molecular formula is C15H19NO. The third-order valence-corrected chi connectivity index (χ3v) is 3.26. The molecule has 2 aromatic rings. The Morgan fingerprint density at radius 3 is 2.24 bits per heavy atom. The van der Waals surface area contributed by atoms with Crippen molar-refractivity contribution in [2.75, 3.05) is 14.1 Å². The van der Waals surface area contributed by atoms with E-state index in [1.54, 1.807) is 0 Å². The largest absolute Gasteiger partial charge is 0.508 e. The van der Waals surface area contributed by atoms with E-state index < -0.39 is 0 Å². The second kappa shape index (κ2) is 4.76. The van der Waals surface area contributed by atoms with Crippen molar-refractivity contribution in [2.24, 2.45) is 0 Å². The van der Waals surface area contributed by atoms with E-state index in [9.17, 15) is 5.11 Å². The Labute approximate surface area is 102 Å². The summed E-state index contributed by atoms with van der Waals surface area (Å²) in [6.07, 6.45) is 0.985. The Morgan fingerprint density at radius 2 is 1.71 bits per heavy atom. The summed E-state index contributed by atoms with van der Waals surface area (Å²) >= 11 is 0. The molecule has 2 nitrogen and oxygen atoms in total. The molecule has 2 aromatic carbocycles. The maximum absolute atomic E-state index is 10.1. The van der Waals surface area contributed by atoms with E-state index in [0.29, 0.717) is 5.75 Å². The summed E-state index contributed by atoms with van der Waals surface area (Å²) in [7, 11) is 4.09. The van der Waals surface area contributed by atoms with Crippen LogP contribution >= 0.6 is 0 Å². The second-order valence-electron chi connectivity index (χ2n) is 4.65. The summed E-state index contributed by atoms with van der Waals surface area (Å²) in [5, 5.41) is 12.4. The first-order valence-corrected chi connectivity index (χ1v) is 6.01. The molecule has 0 aliphatic heterocycles. The second-order valence-corrected chi connectivity index (χ2v) is 4.65. The number of fused-ring (bicyclic) bond motifs is 1. The molecule has 0 aliphatic carbocycles. The quantitative estimate of drug-likeness (QED) is 0.870. The van der Waals surface area contributed by atoms with Crippen molar-refractivity contribution >= 4 is 10.8 Å². The van der Waals surface area contributed by atoms with E-state index >= 15 is 0 Å². The molecule has 0 saturated heterocycles. The van der Waals surface area contributed by atoms with Gasteiger partial charge in [0.15, 0.2) is 0 Å². The van der Waals surface area contributed by atoms with Crippen LogP contribution in [0.3, 0.4) is 0 Å². The van der Waals surface area contributed by atoms with Gasteiger partial charge in [0, 0.05) is 11.6 Å². The van der Waals surface area contributed by atoms with Crippen molar-refractivity contribution in [3.63, 3.8) is 0 Å². The van der Waals surface area contributed by atoms with Crippen molar-refractivity contribution < 1.29 is 5.11 Å². The van der Waals surface area contributed by atoms with Gasteiger partial charge >= 0.3 is 0 Å². The van der Waals surface area contributed by atoms with Crippen LogP contribution in [0.15, 0.2) is 36.4 Å². The third-order valence-electron chi connectivity index (χ3n) is 3.26. The highest BCUT2D eigenvalue weighted by molar-refractivity contribution is 5.85. The van der Waals surface area contributed by atoms with E-state index in [2.05, 4.69) is 24.0 Å². The fourth-order valence-corrected chi connectivity index (χ4v) is 2.38. The molecule has 0 radical (unpaired) electrons. The lowest BCUT2D eigenvalue weighted by atomic mass is 9.98. The van der Waals surface area contributed by atoms with Crippen LogP contribution in [0.25, 0.3) is 10.8 Å². The zero-order valence-corrected chi connectivity index (χ0v) is 10.6. The number of hydrogen-bond acceptors (Lipinski definition) is 2. The normalized spacial score (nSPS) is 13.2. The highest BCUT2D eigenvalue weighted by Gasteiger charge is 2.16. The number of hydrogen-bond donors (Lipinski definition) is 1. The van der Waals surface area contributed by atoms with Crippen LogP contribution in [0, 0.1) is 0 Å². The lowest BCUT2D eigenvalue weighted by Crippen LogP contribution is -2.19. The summed E-state index contributed by atoms with van der Waals surface area (Å²) in [4.78, 5) is 2.14. The van der Waals surface area contributed by atoms with Crippen molar-refractivity contribution in [1.29, 1.82) is 0 Å². The predicted octanol–water partition coefficient (Wildman–Crippen LogP) is 3.56. The Hall–Kier alpha value is -1.54. The van der Waals surface area contributed by atoms with Crippen molar-refractivity contribution in [2.45, 2.75) is 19.4 Å². The number of phenols is 1. The molecule has 17 heavy (non-hydrogen) atoms. The van der Waals surface area contributed by atoms with Gasteiger partial charge in [0.2, 0.25) is 0 Å². The molecule has 0 bridgehead atoms. The van der Waals surface area contributed by atoms with Gasteiger partial charge in [0.05, 0.1) is 0 Å². The third kappa shape index (κ3) is 2.27. The van der Waals surface area contributed by atoms with Gasteiger partial charge in [-0.2, -0.15) is 0 Å². The van der Waals surface area contributed by atoms with Gasteiger partial charge in [-0.05, 0) is 43.4 Å². The minimum atomic E-state index is 0.264. The van der Waals surface area contributed by atoms with Gasteiger partial charge in [0.1, 0.15) is 5.75 Å². The molecule has 0 heterocycles. The number of phenolic OH excluding ortho intramolecular Hbond substituents is 1. The Kier molecular flexibility index (Phi) is 3.34. The maximum Gasteiger partial charge on any atom is 0.120 e. The molecule has 0 amide bonds. The standard InChI is InChI=1S/C15H19NO/c1-4-14(16(2)3)13-9-11-7-5-6-8-12(11)10-15(13)17/h5-10,14,17H,4H2,1-3H3. The van der Waals surface area contributed by atoms with E-state index in [1.807, 2.05) is 38.4 Å². The molecule has 1 N–H and O–H groups in total. The molecule has 2 rings (SSSR count). The molecule has 2 heteroatoms. The monoisotopic (exact) mass is 229 g/mol. The van der Waals surface area contributed by atoms with Gasteiger partial charge in [0.25, 0.3) is 0 Å². The average Bonchev–Trinajstić information content (AvgIpc) is 2.30. The van der Waals surface area contributed by atoms with Crippen LogP contribution in [-0.4, -0.2) is 24.1 Å². The fourth-order valence-electron chi connectivity index (χ4n) is 2.38. The van der Waals surface area contributed by atoms with Crippen LogP contribution in [-0.2, 0) is 0 Å². The summed E-state index contributed by atoms with van der Waals surface area (Å²) in [5.41, 5.74) is 1.01. The molecular weight excluding hydrogens is 210 g/mol. The number of rotatable bonds is 3. The lowest BCUT2D eigenvalue weighted by Gasteiger charge is -2.24. The van der Waals surface area contributed by atoms with Crippen molar-refractivity contribution in [3.05, 3.63) is 42.0 Å². The Bertz CT molecular complexity index is 519. The molecule has 0 saturated carbocycles. The highest BCUT2D eigenvalue weighted by atomic mass is 16.3. The fraction of sp³-hybridized carbons (Fsp3) is 0.333. The Morgan fingerprint density at radius 1 is 1.12 bits per heavy atom. The summed E-state index contributed by atoms with van der Waals surface area (Å²) in [6.45, 7) is 2.14. The van der Waals surface area contributed by atoms with Crippen LogP contribution in [0.1, 0.15) is 24.9 Å².